The Bertz CT molecular complexity index is 144. The number of hydrogen-bond donors (Lipinski definition) is 2. The van der Waals surface area contributed by atoms with Crippen molar-refractivity contribution in [2.75, 3.05) is 0 Å². The summed E-state index contributed by atoms with van der Waals surface area (Å²) in [4.78, 5) is 10.3. The minimum atomic E-state index is -0.381. The SMILES string of the molecule is C/C=C\N1[N]C(=O)NN1. The first kappa shape index (κ1) is 5.90. The summed E-state index contributed by atoms with van der Waals surface area (Å²) in [6, 6.07) is -0.381. The van der Waals surface area contributed by atoms with E-state index in [-0.39, 0.29) is 6.03 Å². The Kier molecular flexibility index (Phi) is 1.55. The number of rotatable bonds is 1. The van der Waals surface area contributed by atoms with Crippen molar-refractivity contribution >= 4 is 6.03 Å². The molecule has 9 heavy (non-hydrogen) atoms. The first-order valence-electron chi connectivity index (χ1n) is 2.52. The van der Waals surface area contributed by atoms with E-state index in [2.05, 4.69) is 16.4 Å². The topological polar surface area (TPSA) is 58.5 Å². The molecule has 5 heteroatoms. The summed E-state index contributed by atoms with van der Waals surface area (Å²) in [5.41, 5.74) is 8.22. The van der Waals surface area contributed by atoms with E-state index in [0.29, 0.717) is 0 Å². The Balaban J connectivity index is 2.39. The van der Waals surface area contributed by atoms with Crippen LogP contribution in [-0.4, -0.2) is 11.1 Å². The Labute approximate surface area is 52.6 Å². The summed E-state index contributed by atoms with van der Waals surface area (Å²) < 4.78 is 0. The van der Waals surface area contributed by atoms with E-state index in [0.717, 1.165) is 0 Å². The summed E-state index contributed by atoms with van der Waals surface area (Å²) in [6.07, 6.45) is 3.38. The van der Waals surface area contributed by atoms with Gasteiger partial charge < -0.3 is 0 Å². The lowest BCUT2D eigenvalue weighted by Crippen LogP contribution is -2.33. The van der Waals surface area contributed by atoms with Crippen molar-refractivity contribution in [3.8, 4) is 0 Å². The molecule has 2 N–H and O–H groups in total. The lowest BCUT2D eigenvalue weighted by molar-refractivity contribution is 0.230. The number of allylic oxidation sites excluding steroid dienone is 1. The van der Waals surface area contributed by atoms with Crippen molar-refractivity contribution in [1.29, 1.82) is 0 Å². The molecule has 0 aromatic carbocycles. The Hall–Kier alpha value is -1.23. The predicted octanol–water partition coefficient (Wildman–Crippen LogP) is -0.516. The van der Waals surface area contributed by atoms with E-state index in [1.807, 2.05) is 6.92 Å². The zero-order chi connectivity index (χ0) is 6.69. The van der Waals surface area contributed by atoms with Gasteiger partial charge >= 0.3 is 6.03 Å². The average Bonchev–Trinajstić information content (AvgIpc) is 2.17. The van der Waals surface area contributed by atoms with Gasteiger partial charge in [0.25, 0.3) is 0 Å². The molecule has 0 aromatic heterocycles. The molecule has 0 aliphatic carbocycles. The molecule has 5 nitrogen and oxygen atoms in total. The van der Waals surface area contributed by atoms with Crippen LogP contribution in [0.1, 0.15) is 6.92 Å². The molecule has 49 valence electrons. The standard InChI is InChI=1S/C4H7N4O/c1-2-3-8-6-4(9)5-7-8/h2-3,7H,1H3,(H,5,9)/b3-2-. The Morgan fingerprint density at radius 1 is 1.78 bits per heavy atom. The third kappa shape index (κ3) is 1.33. The van der Waals surface area contributed by atoms with Gasteiger partial charge in [-0.25, -0.2) is 4.79 Å². The molecule has 1 heterocycles. The number of amides is 2. The molecule has 1 rings (SSSR count). The van der Waals surface area contributed by atoms with Crippen molar-refractivity contribution in [3.05, 3.63) is 12.3 Å². The second-order valence-electron chi connectivity index (χ2n) is 1.47. The maximum atomic E-state index is 10.3. The van der Waals surface area contributed by atoms with Crippen molar-refractivity contribution in [2.24, 2.45) is 0 Å². The van der Waals surface area contributed by atoms with Crippen LogP contribution in [0, 0.1) is 0 Å². The van der Waals surface area contributed by atoms with E-state index < -0.39 is 0 Å². The zero-order valence-electron chi connectivity index (χ0n) is 4.96. The van der Waals surface area contributed by atoms with Crippen LogP contribution in [0.15, 0.2) is 12.3 Å². The summed E-state index contributed by atoms with van der Waals surface area (Å²) in [6.45, 7) is 1.83. The van der Waals surface area contributed by atoms with Crippen LogP contribution < -0.4 is 16.4 Å². The molecule has 0 atom stereocenters. The van der Waals surface area contributed by atoms with E-state index in [9.17, 15) is 4.79 Å². The normalized spacial score (nSPS) is 18.3. The van der Waals surface area contributed by atoms with Crippen LogP contribution in [0.4, 0.5) is 4.79 Å². The minimum Gasteiger partial charge on any atom is -0.250 e. The van der Waals surface area contributed by atoms with Gasteiger partial charge in [-0.05, 0) is 6.92 Å². The number of hydrazine groups is 2. The second-order valence-corrected chi connectivity index (χ2v) is 1.47. The van der Waals surface area contributed by atoms with Gasteiger partial charge in [-0.2, -0.15) is 5.12 Å². The van der Waals surface area contributed by atoms with E-state index >= 15 is 0 Å². The van der Waals surface area contributed by atoms with Gasteiger partial charge in [0.05, 0.1) is 0 Å². The molecule has 1 saturated heterocycles. The van der Waals surface area contributed by atoms with Gasteiger partial charge in [0.2, 0.25) is 0 Å². The third-order valence-electron chi connectivity index (χ3n) is 0.766. The van der Waals surface area contributed by atoms with Crippen LogP contribution in [0.2, 0.25) is 0 Å². The quantitative estimate of drug-likeness (QED) is 0.498. The fourth-order valence-corrected chi connectivity index (χ4v) is 0.465. The van der Waals surface area contributed by atoms with E-state index in [4.69, 9.17) is 0 Å². The van der Waals surface area contributed by atoms with Crippen molar-refractivity contribution in [1.82, 2.24) is 21.5 Å². The largest absolute Gasteiger partial charge is 0.374 e. The van der Waals surface area contributed by atoms with Crippen LogP contribution in [0.3, 0.4) is 0 Å². The van der Waals surface area contributed by atoms with Crippen LogP contribution in [-0.2, 0) is 0 Å². The number of nitrogens with one attached hydrogen (secondary N) is 2. The van der Waals surface area contributed by atoms with Gasteiger partial charge in [0.15, 0.2) is 0 Å². The second kappa shape index (κ2) is 2.36. The van der Waals surface area contributed by atoms with Crippen LogP contribution in [0.5, 0.6) is 0 Å². The predicted molar refractivity (Wildman–Crippen MR) is 30.5 cm³/mol. The molecule has 1 fully saturated rings. The summed E-state index contributed by atoms with van der Waals surface area (Å²) in [5.74, 6) is 0. The molecule has 0 unspecified atom stereocenters. The Morgan fingerprint density at radius 3 is 3.00 bits per heavy atom. The van der Waals surface area contributed by atoms with Crippen molar-refractivity contribution < 1.29 is 4.79 Å². The minimum absolute atomic E-state index is 0.381. The molecular formula is C4H7N4O. The number of carbonyl (C=O) groups is 1. The maximum Gasteiger partial charge on any atom is 0.374 e. The highest BCUT2D eigenvalue weighted by atomic mass is 16.2. The number of hydrogen-bond acceptors (Lipinski definition) is 3. The lowest BCUT2D eigenvalue weighted by atomic mass is 10.7. The van der Waals surface area contributed by atoms with Gasteiger partial charge in [-0.15, -0.1) is 5.53 Å². The molecule has 1 aliphatic heterocycles. The lowest BCUT2D eigenvalue weighted by Gasteiger charge is -2.03. The Morgan fingerprint density at radius 2 is 2.56 bits per heavy atom. The van der Waals surface area contributed by atoms with E-state index in [1.54, 1.807) is 12.3 Å². The highest BCUT2D eigenvalue weighted by Gasteiger charge is 2.14. The van der Waals surface area contributed by atoms with Gasteiger partial charge in [-0.1, -0.05) is 11.5 Å². The highest BCUT2D eigenvalue weighted by molar-refractivity contribution is 5.73. The highest BCUT2D eigenvalue weighted by Crippen LogP contribution is 1.84. The first-order valence-corrected chi connectivity index (χ1v) is 2.52. The zero-order valence-corrected chi connectivity index (χ0v) is 4.96. The third-order valence-corrected chi connectivity index (χ3v) is 0.766. The fraction of sp³-hybridized carbons (Fsp3) is 0.250. The van der Waals surface area contributed by atoms with Gasteiger partial charge in [-0.3, -0.25) is 5.43 Å². The summed E-state index contributed by atoms with van der Waals surface area (Å²) >= 11 is 0. The number of carbonyl (C=O) groups excluding carboxylic acids is 1. The van der Waals surface area contributed by atoms with Crippen molar-refractivity contribution in [2.45, 2.75) is 6.92 Å². The van der Waals surface area contributed by atoms with Gasteiger partial charge in [0, 0.05) is 6.20 Å². The molecule has 1 radical (unpaired) electrons. The first-order chi connectivity index (χ1) is 4.33. The molecule has 2 amide bonds. The van der Waals surface area contributed by atoms with Crippen LogP contribution in [0.25, 0.3) is 0 Å². The van der Waals surface area contributed by atoms with E-state index in [1.165, 1.54) is 5.12 Å². The molecular weight excluding hydrogens is 120 g/mol. The smallest absolute Gasteiger partial charge is 0.250 e. The molecule has 0 saturated carbocycles. The fourth-order valence-electron chi connectivity index (χ4n) is 0.465. The molecule has 0 aromatic rings. The molecule has 0 bridgehead atoms. The molecule has 0 spiro atoms. The number of nitrogens with zero attached hydrogens (tertiary/aromatic N) is 2. The van der Waals surface area contributed by atoms with Gasteiger partial charge in [0.1, 0.15) is 0 Å². The molecule has 1 aliphatic rings. The number of urea groups is 1. The maximum absolute atomic E-state index is 10.3. The summed E-state index contributed by atoms with van der Waals surface area (Å²) in [5, 5.41) is 1.29. The average molecular weight is 127 g/mol. The van der Waals surface area contributed by atoms with Crippen LogP contribution >= 0.6 is 0 Å². The summed E-state index contributed by atoms with van der Waals surface area (Å²) in [7, 11) is 0. The van der Waals surface area contributed by atoms with Crippen molar-refractivity contribution in [3.63, 3.8) is 0 Å². The monoisotopic (exact) mass is 127 g/mol.